The maximum atomic E-state index is 4.82. The molecule has 0 radical (unpaired) electrons. The summed E-state index contributed by atoms with van der Waals surface area (Å²) in [5.41, 5.74) is 1.11. The van der Waals surface area contributed by atoms with Crippen molar-refractivity contribution in [3.8, 4) is 5.82 Å². The number of piperidine rings is 1. The first kappa shape index (κ1) is 20.7. The SMILES string of the molecule is CCNC(=NCc1ccc(-n2ccnc2C)nc1)N1CCCC(C)C1.I. The van der Waals surface area contributed by atoms with Crippen LogP contribution >= 0.6 is 24.0 Å². The van der Waals surface area contributed by atoms with Gasteiger partial charge in [-0.3, -0.25) is 4.57 Å². The van der Waals surface area contributed by atoms with E-state index in [0.717, 1.165) is 48.7 Å². The Hall–Kier alpha value is -1.64. The van der Waals surface area contributed by atoms with E-state index in [2.05, 4.69) is 40.1 Å². The number of aliphatic imine (C=N–C) groups is 1. The number of halogens is 1. The quantitative estimate of drug-likeness (QED) is 0.425. The lowest BCUT2D eigenvalue weighted by atomic mass is 10.0. The van der Waals surface area contributed by atoms with E-state index in [-0.39, 0.29) is 24.0 Å². The molecule has 26 heavy (non-hydrogen) atoms. The number of imidazole rings is 1. The highest BCUT2D eigenvalue weighted by molar-refractivity contribution is 14.0. The third-order valence-electron chi connectivity index (χ3n) is 4.58. The third kappa shape index (κ3) is 5.18. The Morgan fingerprint density at radius 2 is 2.19 bits per heavy atom. The van der Waals surface area contributed by atoms with E-state index in [9.17, 15) is 0 Å². The lowest BCUT2D eigenvalue weighted by molar-refractivity contribution is 0.266. The highest BCUT2D eigenvalue weighted by atomic mass is 127. The zero-order valence-electron chi connectivity index (χ0n) is 15.9. The number of guanidine groups is 1. The average Bonchev–Trinajstić information content (AvgIpc) is 3.05. The van der Waals surface area contributed by atoms with Crippen molar-refractivity contribution in [1.82, 2.24) is 24.8 Å². The molecule has 0 spiro atoms. The molecule has 6 nitrogen and oxygen atoms in total. The molecule has 2 aromatic heterocycles. The number of nitrogens with one attached hydrogen (secondary N) is 1. The minimum absolute atomic E-state index is 0. The van der Waals surface area contributed by atoms with Crippen LogP contribution in [0.25, 0.3) is 5.82 Å². The minimum atomic E-state index is 0. The van der Waals surface area contributed by atoms with Crippen LogP contribution in [0.1, 0.15) is 38.1 Å². The summed E-state index contributed by atoms with van der Waals surface area (Å²) in [5, 5.41) is 3.43. The van der Waals surface area contributed by atoms with Gasteiger partial charge in [0.25, 0.3) is 0 Å². The summed E-state index contributed by atoms with van der Waals surface area (Å²) in [6.45, 7) is 10.1. The van der Waals surface area contributed by atoms with Gasteiger partial charge in [-0.05, 0) is 44.2 Å². The molecule has 0 amide bonds. The predicted octanol–water partition coefficient (Wildman–Crippen LogP) is 3.39. The summed E-state index contributed by atoms with van der Waals surface area (Å²) in [5.74, 6) is 3.58. The Morgan fingerprint density at radius 3 is 2.81 bits per heavy atom. The van der Waals surface area contributed by atoms with Gasteiger partial charge in [0.2, 0.25) is 0 Å². The number of aryl methyl sites for hydroxylation is 1. The molecule has 0 aromatic carbocycles. The second-order valence-electron chi connectivity index (χ2n) is 6.73. The molecule has 1 unspecified atom stereocenters. The largest absolute Gasteiger partial charge is 0.357 e. The Morgan fingerprint density at radius 1 is 1.35 bits per heavy atom. The molecule has 1 fully saturated rings. The van der Waals surface area contributed by atoms with Crippen LogP contribution in [0.4, 0.5) is 0 Å². The molecular weight excluding hydrogens is 439 g/mol. The van der Waals surface area contributed by atoms with Crippen molar-refractivity contribution in [1.29, 1.82) is 0 Å². The number of likely N-dealkylation sites (tertiary alicyclic amines) is 1. The van der Waals surface area contributed by atoms with Gasteiger partial charge in [0.1, 0.15) is 11.6 Å². The van der Waals surface area contributed by atoms with Crippen LogP contribution in [0.5, 0.6) is 0 Å². The zero-order valence-corrected chi connectivity index (χ0v) is 18.2. The van der Waals surface area contributed by atoms with Crippen LogP contribution in [0.3, 0.4) is 0 Å². The molecule has 1 aliphatic heterocycles. The fourth-order valence-electron chi connectivity index (χ4n) is 3.25. The van der Waals surface area contributed by atoms with E-state index in [4.69, 9.17) is 4.99 Å². The molecule has 1 N–H and O–H groups in total. The maximum Gasteiger partial charge on any atom is 0.194 e. The first-order chi connectivity index (χ1) is 12.2. The second-order valence-corrected chi connectivity index (χ2v) is 6.73. The van der Waals surface area contributed by atoms with Gasteiger partial charge < -0.3 is 10.2 Å². The first-order valence-electron chi connectivity index (χ1n) is 9.16. The van der Waals surface area contributed by atoms with Crippen LogP contribution < -0.4 is 5.32 Å². The highest BCUT2D eigenvalue weighted by Gasteiger charge is 2.19. The van der Waals surface area contributed by atoms with Gasteiger partial charge in [0.15, 0.2) is 5.96 Å². The smallest absolute Gasteiger partial charge is 0.194 e. The molecule has 142 valence electrons. The van der Waals surface area contributed by atoms with E-state index in [1.807, 2.05) is 30.0 Å². The second kappa shape index (κ2) is 9.89. The van der Waals surface area contributed by atoms with Crippen molar-refractivity contribution in [3.63, 3.8) is 0 Å². The van der Waals surface area contributed by atoms with Gasteiger partial charge in [-0.2, -0.15) is 0 Å². The molecule has 0 aliphatic carbocycles. The van der Waals surface area contributed by atoms with Crippen LogP contribution in [0.15, 0.2) is 35.7 Å². The summed E-state index contributed by atoms with van der Waals surface area (Å²) in [6.07, 6.45) is 8.18. The van der Waals surface area contributed by atoms with Crippen LogP contribution in [0, 0.1) is 12.8 Å². The molecule has 1 aliphatic rings. The van der Waals surface area contributed by atoms with Crippen molar-refractivity contribution in [2.24, 2.45) is 10.9 Å². The summed E-state index contributed by atoms with van der Waals surface area (Å²) in [6, 6.07) is 4.11. The summed E-state index contributed by atoms with van der Waals surface area (Å²) < 4.78 is 1.98. The number of rotatable bonds is 4. The number of hydrogen-bond acceptors (Lipinski definition) is 3. The molecule has 1 saturated heterocycles. The van der Waals surface area contributed by atoms with E-state index in [1.54, 1.807) is 6.20 Å². The van der Waals surface area contributed by atoms with Crippen LogP contribution in [-0.2, 0) is 6.54 Å². The monoisotopic (exact) mass is 468 g/mol. The molecule has 0 saturated carbocycles. The third-order valence-corrected chi connectivity index (χ3v) is 4.58. The standard InChI is InChI=1S/C19H28N6.HI/c1-4-20-19(24-10-5-6-15(2)14-24)23-13-17-7-8-18(22-12-17)25-11-9-21-16(25)3;/h7-9,11-12,15H,4-6,10,13-14H2,1-3H3,(H,20,23);1H. The first-order valence-corrected chi connectivity index (χ1v) is 9.16. The number of pyridine rings is 1. The van der Waals surface area contributed by atoms with E-state index in [1.165, 1.54) is 12.8 Å². The van der Waals surface area contributed by atoms with Gasteiger partial charge in [0, 0.05) is 38.2 Å². The lowest BCUT2D eigenvalue weighted by Crippen LogP contribution is -2.46. The fraction of sp³-hybridized carbons (Fsp3) is 0.526. The molecule has 3 heterocycles. The van der Waals surface area contributed by atoms with Gasteiger partial charge in [-0.25, -0.2) is 15.0 Å². The lowest BCUT2D eigenvalue weighted by Gasteiger charge is -2.33. The highest BCUT2D eigenvalue weighted by Crippen LogP contribution is 2.16. The number of aromatic nitrogens is 3. The predicted molar refractivity (Wildman–Crippen MR) is 116 cm³/mol. The molecular formula is C19H29IN6. The van der Waals surface area contributed by atoms with Crippen molar-refractivity contribution in [3.05, 3.63) is 42.1 Å². The summed E-state index contributed by atoms with van der Waals surface area (Å²) in [4.78, 5) is 16.0. The van der Waals surface area contributed by atoms with Gasteiger partial charge in [0.05, 0.1) is 6.54 Å². The molecule has 2 aromatic rings. The number of hydrogen-bond donors (Lipinski definition) is 1. The fourth-order valence-corrected chi connectivity index (χ4v) is 3.25. The maximum absolute atomic E-state index is 4.82. The van der Waals surface area contributed by atoms with Gasteiger partial charge in [-0.15, -0.1) is 24.0 Å². The molecule has 0 bridgehead atoms. The Kier molecular flexibility index (Phi) is 7.86. The Bertz CT molecular complexity index is 709. The normalized spacial score (nSPS) is 17.7. The van der Waals surface area contributed by atoms with Crippen molar-refractivity contribution >= 4 is 29.9 Å². The van der Waals surface area contributed by atoms with Gasteiger partial charge >= 0.3 is 0 Å². The minimum Gasteiger partial charge on any atom is -0.357 e. The van der Waals surface area contributed by atoms with E-state index >= 15 is 0 Å². The Balaban J connectivity index is 0.00000243. The molecule has 1 atom stereocenters. The van der Waals surface area contributed by atoms with Crippen molar-refractivity contribution < 1.29 is 0 Å². The zero-order chi connectivity index (χ0) is 17.6. The van der Waals surface area contributed by atoms with Crippen LogP contribution in [0.2, 0.25) is 0 Å². The Labute approximate surface area is 173 Å². The van der Waals surface area contributed by atoms with Crippen LogP contribution in [-0.4, -0.2) is 45.0 Å². The molecule has 7 heteroatoms. The van der Waals surface area contributed by atoms with E-state index in [0.29, 0.717) is 6.54 Å². The van der Waals surface area contributed by atoms with Crippen molar-refractivity contribution in [2.45, 2.75) is 40.2 Å². The summed E-state index contributed by atoms with van der Waals surface area (Å²) >= 11 is 0. The summed E-state index contributed by atoms with van der Waals surface area (Å²) in [7, 11) is 0. The van der Waals surface area contributed by atoms with Gasteiger partial charge in [-0.1, -0.05) is 13.0 Å². The van der Waals surface area contributed by atoms with E-state index < -0.39 is 0 Å². The topological polar surface area (TPSA) is 58.3 Å². The average molecular weight is 468 g/mol. The molecule has 3 rings (SSSR count). The number of nitrogens with zero attached hydrogens (tertiary/aromatic N) is 5. The van der Waals surface area contributed by atoms with Crippen molar-refractivity contribution in [2.75, 3.05) is 19.6 Å².